The number of fused-ring (bicyclic) bond motifs is 1. The maximum atomic E-state index is 15.1. The van der Waals surface area contributed by atoms with E-state index in [1.807, 2.05) is 5.32 Å². The van der Waals surface area contributed by atoms with Crippen LogP contribution in [0.3, 0.4) is 0 Å². The van der Waals surface area contributed by atoms with Crippen molar-refractivity contribution in [3.8, 4) is 0 Å². The van der Waals surface area contributed by atoms with E-state index in [2.05, 4.69) is 24.8 Å². The van der Waals surface area contributed by atoms with E-state index in [-0.39, 0.29) is 22.4 Å². The van der Waals surface area contributed by atoms with Crippen LogP contribution in [-0.2, 0) is 6.54 Å². The van der Waals surface area contributed by atoms with E-state index < -0.39 is 30.4 Å². The molecule has 1 saturated heterocycles. The molecule has 0 bridgehead atoms. The third kappa shape index (κ3) is 4.56. The zero-order chi connectivity index (χ0) is 26.2. The van der Waals surface area contributed by atoms with Gasteiger partial charge in [0.2, 0.25) is 0 Å². The summed E-state index contributed by atoms with van der Waals surface area (Å²) in [6, 6.07) is 6.40. The Morgan fingerprint density at radius 1 is 1.24 bits per heavy atom. The SMILES string of the molecule is [2H]C([2H])([2H])NC(=O)c1ccc(N2CCN(Cc3ccc4nc([C@H](C)F)c(=O)[nH]c4c3F)CC2)c(C)n1. The fraction of sp³-hybridized carbons (Fsp3) is 0.391. The maximum absolute atomic E-state index is 15.1. The van der Waals surface area contributed by atoms with Crippen molar-refractivity contribution in [2.24, 2.45) is 0 Å². The minimum Gasteiger partial charge on any atom is -0.368 e. The van der Waals surface area contributed by atoms with Crippen LogP contribution >= 0.6 is 0 Å². The summed E-state index contributed by atoms with van der Waals surface area (Å²) in [5.41, 5.74) is 0.994. The van der Waals surface area contributed by atoms with E-state index in [0.717, 1.165) is 5.69 Å². The Bertz CT molecular complexity index is 1350. The predicted octanol–water partition coefficient (Wildman–Crippen LogP) is 2.48. The lowest BCUT2D eigenvalue weighted by Crippen LogP contribution is -2.46. The molecular weight excluding hydrogens is 430 g/mol. The first kappa shape index (κ1) is 19.1. The molecule has 1 atom stereocenters. The summed E-state index contributed by atoms with van der Waals surface area (Å²) < 4.78 is 50.2. The molecule has 1 amide bonds. The fourth-order valence-corrected chi connectivity index (χ4v) is 4.04. The number of anilines is 1. The van der Waals surface area contributed by atoms with E-state index in [1.165, 1.54) is 13.0 Å². The molecule has 3 aromatic rings. The number of aromatic nitrogens is 3. The van der Waals surface area contributed by atoms with Crippen molar-refractivity contribution in [1.29, 1.82) is 0 Å². The van der Waals surface area contributed by atoms with Gasteiger partial charge in [0.15, 0.2) is 5.82 Å². The third-order valence-electron chi connectivity index (χ3n) is 5.80. The quantitative estimate of drug-likeness (QED) is 0.609. The summed E-state index contributed by atoms with van der Waals surface area (Å²) in [4.78, 5) is 38.9. The number of benzene rings is 1. The minimum atomic E-state index is -2.59. The second kappa shape index (κ2) is 9.22. The van der Waals surface area contributed by atoms with Gasteiger partial charge >= 0.3 is 0 Å². The highest BCUT2D eigenvalue weighted by Crippen LogP contribution is 2.23. The van der Waals surface area contributed by atoms with E-state index in [0.29, 0.717) is 44.0 Å². The molecule has 3 heterocycles. The molecule has 4 rings (SSSR count). The molecule has 0 saturated carbocycles. The Labute approximate surface area is 193 Å². The smallest absolute Gasteiger partial charge is 0.273 e. The van der Waals surface area contributed by atoms with Crippen molar-refractivity contribution < 1.29 is 17.7 Å². The van der Waals surface area contributed by atoms with Crippen LogP contribution in [0.4, 0.5) is 14.5 Å². The molecule has 33 heavy (non-hydrogen) atoms. The number of H-pyrrole nitrogens is 1. The van der Waals surface area contributed by atoms with Gasteiger partial charge in [-0.3, -0.25) is 14.5 Å². The minimum absolute atomic E-state index is 0.0263. The van der Waals surface area contributed by atoms with Crippen LogP contribution in [0.5, 0.6) is 0 Å². The first-order valence-electron chi connectivity index (χ1n) is 12.1. The average Bonchev–Trinajstić information content (AvgIpc) is 2.80. The average molecular weight is 460 g/mol. The van der Waals surface area contributed by atoms with Crippen LogP contribution < -0.4 is 15.8 Å². The molecule has 1 aromatic carbocycles. The van der Waals surface area contributed by atoms with Crippen molar-refractivity contribution in [2.75, 3.05) is 38.1 Å². The lowest BCUT2D eigenvalue weighted by Gasteiger charge is -2.36. The van der Waals surface area contributed by atoms with Gasteiger partial charge in [0, 0.05) is 49.4 Å². The number of carbonyl (C=O) groups excluding carboxylic acids is 1. The number of rotatable bonds is 5. The number of nitrogens with zero attached hydrogens (tertiary/aromatic N) is 4. The molecule has 0 aliphatic carbocycles. The lowest BCUT2D eigenvalue weighted by molar-refractivity contribution is 0.0958. The fourth-order valence-electron chi connectivity index (χ4n) is 4.04. The van der Waals surface area contributed by atoms with Gasteiger partial charge in [0.05, 0.1) is 16.9 Å². The highest BCUT2D eigenvalue weighted by Gasteiger charge is 2.22. The molecule has 0 unspecified atom stereocenters. The molecule has 0 spiro atoms. The van der Waals surface area contributed by atoms with Crippen LogP contribution in [0.25, 0.3) is 11.0 Å². The van der Waals surface area contributed by atoms with Gasteiger partial charge in [-0.1, -0.05) is 6.07 Å². The number of pyridine rings is 1. The van der Waals surface area contributed by atoms with Crippen LogP contribution in [0.1, 0.15) is 44.6 Å². The molecular formula is C23H26F2N6O2. The summed E-state index contributed by atoms with van der Waals surface area (Å²) in [6.45, 7) is 3.22. The maximum Gasteiger partial charge on any atom is 0.273 e. The number of aromatic amines is 1. The highest BCUT2D eigenvalue weighted by molar-refractivity contribution is 5.92. The van der Waals surface area contributed by atoms with Crippen molar-refractivity contribution in [1.82, 2.24) is 25.2 Å². The number of aryl methyl sites for hydroxylation is 1. The summed E-state index contributed by atoms with van der Waals surface area (Å²) >= 11 is 0. The number of carbonyl (C=O) groups is 1. The number of halogens is 2. The summed E-state index contributed by atoms with van der Waals surface area (Å²) in [7, 11) is 0. The van der Waals surface area contributed by atoms with E-state index in [9.17, 15) is 14.0 Å². The largest absolute Gasteiger partial charge is 0.368 e. The summed E-state index contributed by atoms with van der Waals surface area (Å²) in [5.74, 6) is -1.34. The molecule has 1 aliphatic rings. The van der Waals surface area contributed by atoms with Crippen LogP contribution in [-0.4, -0.2) is 58.9 Å². The monoisotopic (exact) mass is 459 g/mol. The molecule has 174 valence electrons. The Morgan fingerprint density at radius 2 is 2.00 bits per heavy atom. The number of hydrogen-bond acceptors (Lipinski definition) is 6. The Hall–Kier alpha value is -3.40. The second-order valence-electron chi connectivity index (χ2n) is 8.02. The number of amides is 1. The molecule has 2 aromatic heterocycles. The number of nitrogens with one attached hydrogen (secondary N) is 2. The number of hydrogen-bond donors (Lipinski definition) is 2. The zero-order valence-corrected chi connectivity index (χ0v) is 18.3. The Balaban J connectivity index is 1.43. The summed E-state index contributed by atoms with van der Waals surface area (Å²) in [5, 5.41) is 1.92. The lowest BCUT2D eigenvalue weighted by atomic mass is 10.1. The van der Waals surface area contributed by atoms with Crippen molar-refractivity contribution in [2.45, 2.75) is 26.6 Å². The number of piperazine rings is 1. The second-order valence-corrected chi connectivity index (χ2v) is 8.02. The zero-order valence-electron chi connectivity index (χ0n) is 21.3. The molecule has 8 nitrogen and oxygen atoms in total. The van der Waals surface area contributed by atoms with Crippen LogP contribution in [0.15, 0.2) is 29.1 Å². The van der Waals surface area contributed by atoms with E-state index >= 15 is 4.39 Å². The van der Waals surface area contributed by atoms with E-state index in [1.54, 1.807) is 25.1 Å². The molecule has 1 aliphatic heterocycles. The van der Waals surface area contributed by atoms with Crippen molar-refractivity contribution >= 4 is 22.6 Å². The third-order valence-corrected chi connectivity index (χ3v) is 5.80. The van der Waals surface area contributed by atoms with Crippen molar-refractivity contribution in [3.05, 3.63) is 63.1 Å². The Kier molecular flexibility index (Phi) is 5.34. The van der Waals surface area contributed by atoms with Gasteiger partial charge in [-0.15, -0.1) is 0 Å². The predicted molar refractivity (Wildman–Crippen MR) is 122 cm³/mol. The van der Waals surface area contributed by atoms with E-state index in [4.69, 9.17) is 4.11 Å². The Morgan fingerprint density at radius 3 is 2.67 bits per heavy atom. The van der Waals surface area contributed by atoms with Gasteiger partial charge in [0.25, 0.3) is 11.5 Å². The van der Waals surface area contributed by atoms with Crippen LogP contribution in [0.2, 0.25) is 0 Å². The first-order chi connectivity index (χ1) is 16.9. The normalized spacial score (nSPS) is 17.3. The first-order valence-corrected chi connectivity index (χ1v) is 10.6. The van der Waals surface area contributed by atoms with Gasteiger partial charge in [-0.25, -0.2) is 18.7 Å². The summed E-state index contributed by atoms with van der Waals surface area (Å²) in [6.07, 6.45) is -1.56. The van der Waals surface area contributed by atoms with Gasteiger partial charge in [-0.2, -0.15) is 0 Å². The topological polar surface area (TPSA) is 94.2 Å². The van der Waals surface area contributed by atoms with Gasteiger partial charge < -0.3 is 15.2 Å². The standard InChI is InChI=1S/C23H26F2N6O2/c1-13(24)20-23(33)29-21-16(28-20)5-4-15(19(21)25)12-30-8-10-31(11-9-30)18-7-6-17(22(32)26-3)27-14(18)2/h4-7,13H,8-12H2,1-3H3,(H,26,32)(H,29,33)/t13-/m0/s1/i3D3. The highest BCUT2D eigenvalue weighted by atomic mass is 19.1. The molecule has 10 heteroatoms. The molecule has 2 N–H and O–H groups in total. The molecule has 0 radical (unpaired) electrons. The van der Waals surface area contributed by atoms with Crippen LogP contribution in [0, 0.1) is 12.7 Å². The number of alkyl halides is 1. The van der Waals surface area contributed by atoms with Crippen molar-refractivity contribution in [3.63, 3.8) is 0 Å². The van der Waals surface area contributed by atoms with Gasteiger partial charge in [0.1, 0.15) is 23.1 Å². The van der Waals surface area contributed by atoms with Gasteiger partial charge in [-0.05, 0) is 32.0 Å². The molecule has 1 fully saturated rings.